The van der Waals surface area contributed by atoms with Gasteiger partial charge in [0.25, 0.3) is 10.0 Å². The predicted octanol–water partition coefficient (Wildman–Crippen LogP) is 2.35. The fourth-order valence-electron chi connectivity index (χ4n) is 1.87. The standard InChI is InChI=1S/C16H17N3O3S/c1-12(14-7-6-8-15(11-14)17-13(2)20)18-19-23(21,22)16-9-4-3-5-10-16/h3-11,19H,1-2H3,(H,17,20)/b18-12-. The van der Waals surface area contributed by atoms with Crippen molar-refractivity contribution in [3.8, 4) is 0 Å². The molecular formula is C16H17N3O3S. The van der Waals surface area contributed by atoms with Crippen LogP contribution >= 0.6 is 0 Å². The molecule has 0 radical (unpaired) electrons. The number of sulfonamides is 1. The second kappa shape index (κ2) is 7.06. The first-order valence-corrected chi connectivity index (χ1v) is 8.36. The van der Waals surface area contributed by atoms with E-state index in [-0.39, 0.29) is 10.8 Å². The Bertz CT molecular complexity index is 831. The second-order valence-electron chi connectivity index (χ2n) is 4.87. The monoisotopic (exact) mass is 331 g/mol. The molecule has 0 aliphatic rings. The summed E-state index contributed by atoms with van der Waals surface area (Å²) in [4.78, 5) is 13.4. The molecule has 0 aliphatic carbocycles. The highest BCUT2D eigenvalue weighted by Crippen LogP contribution is 2.12. The van der Waals surface area contributed by atoms with Gasteiger partial charge in [0.1, 0.15) is 0 Å². The summed E-state index contributed by atoms with van der Waals surface area (Å²) in [5.74, 6) is -0.179. The zero-order valence-corrected chi connectivity index (χ0v) is 13.6. The van der Waals surface area contributed by atoms with Crippen molar-refractivity contribution in [3.63, 3.8) is 0 Å². The van der Waals surface area contributed by atoms with Gasteiger partial charge in [0, 0.05) is 12.6 Å². The maximum absolute atomic E-state index is 12.1. The van der Waals surface area contributed by atoms with Crippen LogP contribution in [0.3, 0.4) is 0 Å². The van der Waals surface area contributed by atoms with Crippen LogP contribution in [0, 0.1) is 0 Å². The minimum Gasteiger partial charge on any atom is -0.326 e. The van der Waals surface area contributed by atoms with Gasteiger partial charge >= 0.3 is 0 Å². The molecule has 7 heteroatoms. The molecule has 2 aromatic carbocycles. The number of hydrogen-bond donors (Lipinski definition) is 2. The fraction of sp³-hybridized carbons (Fsp3) is 0.125. The maximum Gasteiger partial charge on any atom is 0.276 e. The molecule has 0 bridgehead atoms. The lowest BCUT2D eigenvalue weighted by molar-refractivity contribution is -0.114. The largest absolute Gasteiger partial charge is 0.326 e. The van der Waals surface area contributed by atoms with E-state index in [4.69, 9.17) is 0 Å². The van der Waals surface area contributed by atoms with E-state index >= 15 is 0 Å². The summed E-state index contributed by atoms with van der Waals surface area (Å²) in [6, 6.07) is 15.0. The van der Waals surface area contributed by atoms with E-state index < -0.39 is 10.0 Å². The van der Waals surface area contributed by atoms with Crippen LogP contribution < -0.4 is 10.1 Å². The molecule has 23 heavy (non-hydrogen) atoms. The van der Waals surface area contributed by atoms with Crippen LogP contribution in [0.15, 0.2) is 64.6 Å². The number of rotatable bonds is 5. The molecule has 0 unspecified atom stereocenters. The molecule has 2 N–H and O–H groups in total. The molecule has 0 aliphatic heterocycles. The van der Waals surface area contributed by atoms with Crippen LogP contribution in [-0.4, -0.2) is 20.0 Å². The van der Waals surface area contributed by atoms with E-state index in [1.54, 1.807) is 49.4 Å². The average molecular weight is 331 g/mol. The number of amides is 1. The number of carbonyl (C=O) groups excluding carboxylic acids is 1. The molecule has 0 fully saturated rings. The van der Waals surface area contributed by atoms with E-state index in [0.29, 0.717) is 17.0 Å². The van der Waals surface area contributed by atoms with Gasteiger partial charge in [-0.2, -0.15) is 18.4 Å². The zero-order chi connectivity index (χ0) is 16.9. The van der Waals surface area contributed by atoms with E-state index in [2.05, 4.69) is 15.2 Å². The Morgan fingerprint density at radius 3 is 2.35 bits per heavy atom. The molecule has 2 aromatic rings. The lowest BCUT2D eigenvalue weighted by Crippen LogP contribution is -2.19. The summed E-state index contributed by atoms with van der Waals surface area (Å²) in [5.41, 5.74) is 1.80. The fourth-order valence-corrected chi connectivity index (χ4v) is 2.75. The minimum absolute atomic E-state index is 0.142. The molecule has 2 rings (SSSR count). The molecule has 0 aromatic heterocycles. The molecule has 0 saturated heterocycles. The molecule has 0 heterocycles. The number of anilines is 1. The third kappa shape index (κ3) is 4.65. The summed E-state index contributed by atoms with van der Waals surface area (Å²) in [5, 5.41) is 6.59. The summed E-state index contributed by atoms with van der Waals surface area (Å²) in [6.45, 7) is 3.10. The summed E-state index contributed by atoms with van der Waals surface area (Å²) in [6.07, 6.45) is 0. The van der Waals surface area contributed by atoms with Crippen molar-refractivity contribution >= 4 is 27.3 Å². The number of nitrogens with one attached hydrogen (secondary N) is 2. The number of carbonyl (C=O) groups is 1. The van der Waals surface area contributed by atoms with Gasteiger partial charge in [-0.1, -0.05) is 30.3 Å². The highest BCUT2D eigenvalue weighted by Gasteiger charge is 2.12. The number of nitrogens with zero attached hydrogens (tertiary/aromatic N) is 1. The summed E-state index contributed by atoms with van der Waals surface area (Å²) >= 11 is 0. The Morgan fingerprint density at radius 1 is 1.00 bits per heavy atom. The normalized spacial score (nSPS) is 11.8. The highest BCUT2D eigenvalue weighted by molar-refractivity contribution is 7.89. The van der Waals surface area contributed by atoms with Crippen molar-refractivity contribution in [2.45, 2.75) is 18.7 Å². The van der Waals surface area contributed by atoms with Crippen molar-refractivity contribution in [2.24, 2.45) is 5.10 Å². The van der Waals surface area contributed by atoms with Gasteiger partial charge in [-0.25, -0.2) is 0 Å². The first-order chi connectivity index (χ1) is 10.9. The minimum atomic E-state index is -3.70. The Morgan fingerprint density at radius 2 is 1.70 bits per heavy atom. The van der Waals surface area contributed by atoms with E-state index in [1.807, 2.05) is 0 Å². The van der Waals surface area contributed by atoms with Gasteiger partial charge in [-0.3, -0.25) is 4.79 Å². The van der Waals surface area contributed by atoms with Crippen LogP contribution in [0.1, 0.15) is 19.4 Å². The van der Waals surface area contributed by atoms with E-state index in [0.717, 1.165) is 0 Å². The summed E-state index contributed by atoms with van der Waals surface area (Å²) < 4.78 is 24.2. The van der Waals surface area contributed by atoms with Crippen molar-refractivity contribution < 1.29 is 13.2 Å². The third-order valence-corrected chi connectivity index (χ3v) is 4.21. The lowest BCUT2D eigenvalue weighted by Gasteiger charge is -2.07. The molecule has 6 nitrogen and oxygen atoms in total. The van der Waals surface area contributed by atoms with Crippen molar-refractivity contribution in [1.82, 2.24) is 4.83 Å². The number of benzene rings is 2. The first-order valence-electron chi connectivity index (χ1n) is 6.87. The molecule has 1 amide bonds. The highest BCUT2D eigenvalue weighted by atomic mass is 32.2. The van der Waals surface area contributed by atoms with Crippen LogP contribution in [-0.2, 0) is 14.8 Å². The van der Waals surface area contributed by atoms with Gasteiger partial charge in [0.2, 0.25) is 5.91 Å². The average Bonchev–Trinajstić information content (AvgIpc) is 2.53. The molecule has 120 valence electrons. The van der Waals surface area contributed by atoms with Crippen LogP contribution in [0.2, 0.25) is 0 Å². The third-order valence-electron chi connectivity index (χ3n) is 2.99. The topological polar surface area (TPSA) is 87.6 Å². The van der Waals surface area contributed by atoms with Gasteiger partial charge in [0.15, 0.2) is 0 Å². The Hall–Kier alpha value is -2.67. The first kappa shape index (κ1) is 16.7. The predicted molar refractivity (Wildman–Crippen MR) is 89.7 cm³/mol. The SMILES string of the molecule is CC(=O)Nc1cccc(/C(C)=N\NS(=O)(=O)c2ccccc2)c1. The van der Waals surface area contributed by atoms with Gasteiger partial charge < -0.3 is 5.32 Å². The maximum atomic E-state index is 12.1. The Labute approximate surface area is 135 Å². The quantitative estimate of drug-likeness (QED) is 0.651. The molecule has 0 atom stereocenters. The van der Waals surface area contributed by atoms with E-state index in [9.17, 15) is 13.2 Å². The number of hydrazone groups is 1. The molecule has 0 saturated carbocycles. The van der Waals surface area contributed by atoms with Crippen molar-refractivity contribution in [3.05, 3.63) is 60.2 Å². The van der Waals surface area contributed by atoms with E-state index in [1.165, 1.54) is 19.1 Å². The van der Waals surface area contributed by atoms with Gasteiger partial charge in [0.05, 0.1) is 10.6 Å². The van der Waals surface area contributed by atoms with Crippen LogP contribution in [0.25, 0.3) is 0 Å². The Balaban J connectivity index is 2.19. The Kier molecular flexibility index (Phi) is 5.13. The lowest BCUT2D eigenvalue weighted by atomic mass is 10.1. The van der Waals surface area contributed by atoms with Gasteiger partial charge in [-0.05, 0) is 36.8 Å². The van der Waals surface area contributed by atoms with Crippen LogP contribution in [0.4, 0.5) is 5.69 Å². The van der Waals surface area contributed by atoms with Crippen LogP contribution in [0.5, 0.6) is 0 Å². The summed E-state index contributed by atoms with van der Waals surface area (Å²) in [7, 11) is -3.70. The van der Waals surface area contributed by atoms with Gasteiger partial charge in [-0.15, -0.1) is 0 Å². The smallest absolute Gasteiger partial charge is 0.276 e. The van der Waals surface area contributed by atoms with Crippen molar-refractivity contribution in [1.29, 1.82) is 0 Å². The second-order valence-corrected chi connectivity index (χ2v) is 6.53. The number of hydrogen-bond acceptors (Lipinski definition) is 4. The van der Waals surface area contributed by atoms with Crippen molar-refractivity contribution in [2.75, 3.05) is 5.32 Å². The molecule has 0 spiro atoms. The molecular weight excluding hydrogens is 314 g/mol. The zero-order valence-electron chi connectivity index (χ0n) is 12.8.